The van der Waals surface area contributed by atoms with Gasteiger partial charge in [0.05, 0.1) is 6.61 Å². The van der Waals surface area contributed by atoms with Crippen LogP contribution in [0.4, 0.5) is 0 Å². The quantitative estimate of drug-likeness (QED) is 0.759. The van der Waals surface area contributed by atoms with Crippen molar-refractivity contribution in [3.05, 3.63) is 48.0 Å². The highest BCUT2D eigenvalue weighted by molar-refractivity contribution is 5.33. The molecule has 1 aliphatic heterocycles. The topological polar surface area (TPSA) is 48.3 Å². The molecule has 3 rings (SSSR count). The fourth-order valence-electron chi connectivity index (χ4n) is 3.04. The monoisotopic (exact) mass is 315 g/mol. The Kier molecular flexibility index (Phi) is 5.66. The Balaban J connectivity index is 1.47. The summed E-state index contributed by atoms with van der Waals surface area (Å²) in [6.45, 7) is 4.10. The Morgan fingerprint density at radius 1 is 1.30 bits per heavy atom. The lowest BCUT2D eigenvalue weighted by Gasteiger charge is -2.24. The maximum absolute atomic E-state index is 5.78. The van der Waals surface area contributed by atoms with Gasteiger partial charge in [0.2, 0.25) is 0 Å². The molecule has 1 atom stereocenters. The van der Waals surface area contributed by atoms with Crippen LogP contribution in [0.25, 0.3) is 0 Å². The van der Waals surface area contributed by atoms with E-state index in [-0.39, 0.29) is 0 Å². The third kappa shape index (κ3) is 4.33. The molecule has 0 aliphatic carbocycles. The van der Waals surface area contributed by atoms with Crippen molar-refractivity contribution in [2.45, 2.75) is 25.9 Å². The van der Waals surface area contributed by atoms with Gasteiger partial charge in [0.25, 0.3) is 0 Å². The molecule has 1 aromatic heterocycles. The van der Waals surface area contributed by atoms with Gasteiger partial charge in [0, 0.05) is 44.6 Å². The Hall–Kier alpha value is -1.85. The summed E-state index contributed by atoms with van der Waals surface area (Å²) in [7, 11) is 1.69. The van der Waals surface area contributed by atoms with Crippen molar-refractivity contribution < 1.29 is 9.47 Å². The summed E-state index contributed by atoms with van der Waals surface area (Å²) in [5.74, 6) is 2.83. The summed E-state index contributed by atoms with van der Waals surface area (Å²) in [6.07, 6.45) is 6.27. The van der Waals surface area contributed by atoms with Crippen molar-refractivity contribution in [2.75, 3.05) is 26.9 Å². The summed E-state index contributed by atoms with van der Waals surface area (Å²) < 4.78 is 13.1. The average molecular weight is 315 g/mol. The van der Waals surface area contributed by atoms with E-state index in [9.17, 15) is 0 Å². The molecule has 23 heavy (non-hydrogen) atoms. The molecule has 0 radical (unpaired) electrons. The maximum atomic E-state index is 5.78. The van der Waals surface area contributed by atoms with Crippen LogP contribution in [0.3, 0.4) is 0 Å². The molecule has 0 spiro atoms. The molecule has 0 bridgehead atoms. The molecule has 0 amide bonds. The van der Waals surface area contributed by atoms with Crippen LogP contribution < -0.4 is 10.1 Å². The number of hydrogen-bond acceptors (Lipinski definition) is 4. The normalized spacial score (nSPS) is 17.0. The van der Waals surface area contributed by atoms with Gasteiger partial charge in [-0.2, -0.15) is 0 Å². The zero-order valence-corrected chi connectivity index (χ0v) is 13.7. The number of benzene rings is 1. The van der Waals surface area contributed by atoms with E-state index in [1.54, 1.807) is 7.11 Å². The number of aromatic nitrogens is 2. The van der Waals surface area contributed by atoms with Gasteiger partial charge in [-0.25, -0.2) is 4.98 Å². The van der Waals surface area contributed by atoms with E-state index < -0.39 is 0 Å². The molecule has 5 heteroatoms. The van der Waals surface area contributed by atoms with E-state index in [1.165, 1.54) is 17.8 Å². The van der Waals surface area contributed by atoms with Crippen LogP contribution in [0.5, 0.6) is 5.75 Å². The molecule has 1 unspecified atom stereocenters. The van der Waals surface area contributed by atoms with Crippen LogP contribution >= 0.6 is 0 Å². The summed E-state index contributed by atoms with van der Waals surface area (Å²) in [4.78, 5) is 4.38. The fraction of sp³-hybridized carbons (Fsp3) is 0.500. The zero-order valence-electron chi connectivity index (χ0n) is 13.7. The molecule has 1 N–H and O–H groups in total. The first-order valence-corrected chi connectivity index (χ1v) is 8.27. The van der Waals surface area contributed by atoms with Gasteiger partial charge >= 0.3 is 0 Å². The number of rotatable bonds is 8. The molecule has 5 nitrogen and oxygen atoms in total. The van der Waals surface area contributed by atoms with Crippen molar-refractivity contribution in [1.82, 2.24) is 14.9 Å². The van der Waals surface area contributed by atoms with Crippen LogP contribution in [-0.4, -0.2) is 36.4 Å². The summed E-state index contributed by atoms with van der Waals surface area (Å²) >= 11 is 0. The minimum Gasteiger partial charge on any atom is -0.491 e. The van der Waals surface area contributed by atoms with Crippen molar-refractivity contribution in [2.24, 2.45) is 5.92 Å². The lowest BCUT2D eigenvalue weighted by Crippen LogP contribution is -2.29. The van der Waals surface area contributed by atoms with Crippen LogP contribution in [-0.2, 0) is 24.2 Å². The predicted octanol–water partition coefficient (Wildman–Crippen LogP) is 2.26. The number of hydrogen-bond donors (Lipinski definition) is 1. The van der Waals surface area contributed by atoms with Crippen LogP contribution in [0, 0.1) is 5.92 Å². The number of nitrogens with one attached hydrogen (secondary N) is 1. The molecule has 1 aliphatic rings. The Labute approximate surface area is 137 Å². The van der Waals surface area contributed by atoms with Gasteiger partial charge in [-0.1, -0.05) is 18.2 Å². The molecule has 0 fully saturated rings. The maximum Gasteiger partial charge on any atom is 0.123 e. The van der Waals surface area contributed by atoms with Crippen molar-refractivity contribution in [3.8, 4) is 5.75 Å². The van der Waals surface area contributed by atoms with Gasteiger partial charge in [-0.15, -0.1) is 0 Å². The second kappa shape index (κ2) is 8.13. The van der Waals surface area contributed by atoms with Crippen molar-refractivity contribution in [1.29, 1.82) is 0 Å². The largest absolute Gasteiger partial charge is 0.491 e. The van der Waals surface area contributed by atoms with Gasteiger partial charge in [0.1, 0.15) is 18.2 Å². The van der Waals surface area contributed by atoms with Crippen LogP contribution in [0.1, 0.15) is 17.8 Å². The molecular weight excluding hydrogens is 290 g/mol. The van der Waals surface area contributed by atoms with Crippen molar-refractivity contribution in [3.63, 3.8) is 0 Å². The van der Waals surface area contributed by atoms with Gasteiger partial charge in [-0.05, 0) is 24.9 Å². The second-order valence-corrected chi connectivity index (χ2v) is 5.98. The molecule has 0 saturated carbocycles. The lowest BCUT2D eigenvalue weighted by atomic mass is 9.99. The molecule has 1 aromatic carbocycles. The minimum absolute atomic E-state index is 0.583. The average Bonchev–Trinajstić information content (AvgIpc) is 3.04. The van der Waals surface area contributed by atoms with E-state index in [0.717, 1.165) is 31.8 Å². The van der Waals surface area contributed by atoms with E-state index in [2.05, 4.69) is 33.2 Å². The summed E-state index contributed by atoms with van der Waals surface area (Å²) in [5.41, 5.74) is 1.20. The molecule has 0 saturated heterocycles. The highest BCUT2D eigenvalue weighted by atomic mass is 16.5. The fourth-order valence-corrected chi connectivity index (χ4v) is 3.04. The SMILES string of the molecule is COCCOc1ccccc1CNCC1CCc2nccn2C1. The van der Waals surface area contributed by atoms with Gasteiger partial charge in [-0.3, -0.25) is 0 Å². The molecular formula is C18H25N3O2. The van der Waals surface area contributed by atoms with Crippen LogP contribution in [0.15, 0.2) is 36.7 Å². The van der Waals surface area contributed by atoms with Gasteiger partial charge < -0.3 is 19.4 Å². The standard InChI is InChI=1S/C18H25N3O2/c1-22-10-11-23-17-5-3-2-4-16(17)13-19-12-15-6-7-18-20-8-9-21(18)14-15/h2-5,8-9,15,19H,6-7,10-14H2,1H3. The third-order valence-corrected chi connectivity index (χ3v) is 4.30. The third-order valence-electron chi connectivity index (χ3n) is 4.30. The van der Waals surface area contributed by atoms with Crippen molar-refractivity contribution >= 4 is 0 Å². The number of fused-ring (bicyclic) bond motifs is 1. The first-order chi connectivity index (χ1) is 11.4. The van der Waals surface area contributed by atoms with E-state index in [1.807, 2.05) is 18.3 Å². The summed E-state index contributed by atoms with van der Waals surface area (Å²) in [6, 6.07) is 8.20. The number of ether oxygens (including phenoxy) is 2. The molecule has 2 aromatic rings. The molecule has 124 valence electrons. The zero-order chi connectivity index (χ0) is 15.9. The number of para-hydroxylation sites is 1. The number of methoxy groups -OCH3 is 1. The predicted molar refractivity (Wildman–Crippen MR) is 89.6 cm³/mol. The van der Waals surface area contributed by atoms with E-state index >= 15 is 0 Å². The Morgan fingerprint density at radius 2 is 2.22 bits per heavy atom. The van der Waals surface area contributed by atoms with Crippen LogP contribution in [0.2, 0.25) is 0 Å². The second-order valence-electron chi connectivity index (χ2n) is 5.98. The Morgan fingerprint density at radius 3 is 3.13 bits per heavy atom. The smallest absolute Gasteiger partial charge is 0.123 e. The first kappa shape index (κ1) is 16.0. The number of aryl methyl sites for hydroxylation is 1. The van der Waals surface area contributed by atoms with Gasteiger partial charge in [0.15, 0.2) is 0 Å². The highest BCUT2D eigenvalue weighted by Gasteiger charge is 2.18. The highest BCUT2D eigenvalue weighted by Crippen LogP contribution is 2.20. The first-order valence-electron chi connectivity index (χ1n) is 8.27. The molecule has 2 heterocycles. The van der Waals surface area contributed by atoms with E-state index in [0.29, 0.717) is 19.1 Å². The van der Waals surface area contributed by atoms with E-state index in [4.69, 9.17) is 9.47 Å². The lowest BCUT2D eigenvalue weighted by molar-refractivity contribution is 0.145. The number of imidazole rings is 1. The number of nitrogens with zero attached hydrogens (tertiary/aromatic N) is 2. The Bertz CT molecular complexity index is 612. The summed E-state index contributed by atoms with van der Waals surface area (Å²) in [5, 5.41) is 3.58. The minimum atomic E-state index is 0.583.